The fourth-order valence-corrected chi connectivity index (χ4v) is 4.04. The summed E-state index contributed by atoms with van der Waals surface area (Å²) in [4.78, 5) is 24.6. The molecule has 0 aliphatic carbocycles. The van der Waals surface area contributed by atoms with Crippen molar-refractivity contribution < 1.29 is 28.2 Å². The van der Waals surface area contributed by atoms with E-state index in [0.29, 0.717) is 21.9 Å². The zero-order valence-corrected chi connectivity index (χ0v) is 22.2. The smallest absolute Gasteiger partial charge is 0.337 e. The van der Waals surface area contributed by atoms with Gasteiger partial charge in [-0.2, -0.15) is 0 Å². The molecule has 36 heavy (non-hydrogen) atoms. The van der Waals surface area contributed by atoms with E-state index < -0.39 is 0 Å². The molecule has 0 aromatic heterocycles. The highest BCUT2D eigenvalue weighted by Crippen LogP contribution is 2.29. The molecule has 0 unspecified atom stereocenters. The molecule has 1 fully saturated rings. The lowest BCUT2D eigenvalue weighted by atomic mass is 10.1. The van der Waals surface area contributed by atoms with E-state index in [0.717, 1.165) is 36.1 Å². The Hall–Kier alpha value is -3.10. The summed E-state index contributed by atoms with van der Waals surface area (Å²) in [6.07, 6.45) is 1.63. The molecule has 0 bridgehead atoms. The topological polar surface area (TPSA) is 65.1 Å². The number of anilines is 1. The standard InChI is InChI=1S/C19H19ClFNO3.C8H7BrO2/c1-24-19(23)13-2-5-15(6-3-13)22-10-8-16(9-11-22)25-18-12-14(21)4-7-17(18)20;1-11-8(10)6-2-4-7(9)5-3-6/h2-7,12,16H,8-11H2,1H3;2-5H,1H3. The molecule has 0 radical (unpaired) electrons. The molecule has 1 heterocycles. The molecule has 0 saturated carbocycles. The van der Waals surface area contributed by atoms with Gasteiger partial charge >= 0.3 is 11.9 Å². The van der Waals surface area contributed by atoms with Gasteiger partial charge in [0.05, 0.1) is 30.4 Å². The van der Waals surface area contributed by atoms with E-state index >= 15 is 0 Å². The molecule has 4 rings (SSSR count). The van der Waals surface area contributed by atoms with Gasteiger partial charge < -0.3 is 19.1 Å². The van der Waals surface area contributed by atoms with Gasteiger partial charge in [0.25, 0.3) is 0 Å². The van der Waals surface area contributed by atoms with E-state index in [4.69, 9.17) is 21.1 Å². The van der Waals surface area contributed by atoms with Crippen molar-refractivity contribution in [2.75, 3.05) is 32.2 Å². The van der Waals surface area contributed by atoms with Gasteiger partial charge in [-0.25, -0.2) is 14.0 Å². The summed E-state index contributed by atoms with van der Waals surface area (Å²) >= 11 is 9.32. The fourth-order valence-electron chi connectivity index (χ4n) is 3.61. The van der Waals surface area contributed by atoms with Crippen molar-refractivity contribution in [3.8, 4) is 5.75 Å². The van der Waals surface area contributed by atoms with Crippen molar-refractivity contribution in [1.29, 1.82) is 0 Å². The van der Waals surface area contributed by atoms with E-state index in [1.165, 1.54) is 32.4 Å². The summed E-state index contributed by atoms with van der Waals surface area (Å²) in [7, 11) is 2.73. The fraction of sp³-hybridized carbons (Fsp3) is 0.259. The zero-order chi connectivity index (χ0) is 26.1. The molecule has 1 aliphatic heterocycles. The normalized spacial score (nSPS) is 13.3. The highest BCUT2D eigenvalue weighted by molar-refractivity contribution is 9.10. The molecule has 1 saturated heterocycles. The average molecular weight is 579 g/mol. The minimum Gasteiger partial charge on any atom is -0.489 e. The summed E-state index contributed by atoms with van der Waals surface area (Å²) in [6, 6.07) is 18.5. The number of hydrogen-bond acceptors (Lipinski definition) is 6. The molecule has 6 nitrogen and oxygen atoms in total. The van der Waals surface area contributed by atoms with Crippen LogP contribution in [0.15, 0.2) is 71.2 Å². The summed E-state index contributed by atoms with van der Waals surface area (Å²) in [6.45, 7) is 1.63. The molecular weight excluding hydrogens is 553 g/mol. The van der Waals surface area contributed by atoms with Gasteiger partial charge in [-0.05, 0) is 60.7 Å². The van der Waals surface area contributed by atoms with Crippen LogP contribution < -0.4 is 9.64 Å². The van der Waals surface area contributed by atoms with Gasteiger partial charge in [0.2, 0.25) is 0 Å². The minimum atomic E-state index is -0.359. The van der Waals surface area contributed by atoms with Crippen molar-refractivity contribution in [3.05, 3.63) is 93.2 Å². The number of carbonyl (C=O) groups is 2. The van der Waals surface area contributed by atoms with Crippen molar-refractivity contribution in [3.63, 3.8) is 0 Å². The first kappa shape index (κ1) is 27.5. The molecular formula is C27H26BrClFNO5. The van der Waals surface area contributed by atoms with Crippen LogP contribution in [-0.4, -0.2) is 45.4 Å². The molecule has 9 heteroatoms. The minimum absolute atomic E-state index is 0.00453. The number of rotatable bonds is 5. The predicted octanol–water partition coefficient (Wildman–Crippen LogP) is 6.55. The number of ether oxygens (including phenoxy) is 3. The van der Waals surface area contributed by atoms with Gasteiger partial charge in [0, 0.05) is 42.2 Å². The monoisotopic (exact) mass is 577 g/mol. The van der Waals surface area contributed by atoms with Gasteiger partial charge in [0.1, 0.15) is 17.7 Å². The lowest BCUT2D eigenvalue weighted by molar-refractivity contribution is 0.0592. The van der Waals surface area contributed by atoms with E-state index in [-0.39, 0.29) is 23.9 Å². The molecule has 190 valence electrons. The van der Waals surface area contributed by atoms with Crippen LogP contribution >= 0.6 is 27.5 Å². The highest BCUT2D eigenvalue weighted by Gasteiger charge is 2.22. The molecule has 0 spiro atoms. The van der Waals surface area contributed by atoms with Gasteiger partial charge in [-0.3, -0.25) is 0 Å². The molecule has 0 N–H and O–H groups in total. The molecule has 3 aromatic rings. The zero-order valence-electron chi connectivity index (χ0n) is 19.9. The summed E-state index contributed by atoms with van der Waals surface area (Å²) in [5.41, 5.74) is 2.15. The molecule has 1 aliphatic rings. The summed E-state index contributed by atoms with van der Waals surface area (Å²) in [5, 5.41) is 0.419. The number of hydrogen-bond donors (Lipinski definition) is 0. The molecule has 0 atom stereocenters. The highest BCUT2D eigenvalue weighted by atomic mass is 79.9. The third kappa shape index (κ3) is 7.70. The van der Waals surface area contributed by atoms with Gasteiger partial charge in [0.15, 0.2) is 0 Å². The van der Waals surface area contributed by atoms with Crippen LogP contribution in [-0.2, 0) is 9.47 Å². The third-order valence-corrected chi connectivity index (χ3v) is 6.39. The Labute approximate surface area is 223 Å². The maximum Gasteiger partial charge on any atom is 0.337 e. The predicted molar refractivity (Wildman–Crippen MR) is 141 cm³/mol. The van der Waals surface area contributed by atoms with E-state index in [1.54, 1.807) is 36.4 Å². The number of piperidine rings is 1. The van der Waals surface area contributed by atoms with Crippen LogP contribution in [0.4, 0.5) is 10.1 Å². The van der Waals surface area contributed by atoms with E-state index in [9.17, 15) is 14.0 Å². The Bertz CT molecular complexity index is 1170. The molecule has 0 amide bonds. The second-order valence-corrected chi connectivity index (χ2v) is 9.24. The quantitative estimate of drug-likeness (QED) is 0.320. The molecule has 3 aromatic carbocycles. The van der Waals surface area contributed by atoms with Crippen molar-refractivity contribution in [1.82, 2.24) is 0 Å². The van der Waals surface area contributed by atoms with Crippen molar-refractivity contribution >= 4 is 45.2 Å². The first-order valence-electron chi connectivity index (χ1n) is 11.2. The Morgan fingerprint density at radius 3 is 1.94 bits per heavy atom. The van der Waals surface area contributed by atoms with Crippen LogP contribution in [0.5, 0.6) is 5.75 Å². The Kier molecular flexibility index (Phi) is 10.1. The Morgan fingerprint density at radius 2 is 1.42 bits per heavy atom. The first-order valence-corrected chi connectivity index (χ1v) is 12.4. The van der Waals surface area contributed by atoms with Gasteiger partial charge in [-0.1, -0.05) is 27.5 Å². The largest absolute Gasteiger partial charge is 0.489 e. The average Bonchev–Trinajstić information content (AvgIpc) is 2.91. The van der Waals surface area contributed by atoms with Crippen LogP contribution in [0.1, 0.15) is 33.6 Å². The maximum atomic E-state index is 13.3. The number of carbonyl (C=O) groups excluding carboxylic acids is 2. The van der Waals surface area contributed by atoms with E-state index in [2.05, 4.69) is 25.6 Å². The lowest BCUT2D eigenvalue weighted by Gasteiger charge is -2.34. The Morgan fingerprint density at radius 1 is 0.889 bits per heavy atom. The van der Waals surface area contributed by atoms with Crippen molar-refractivity contribution in [2.45, 2.75) is 18.9 Å². The number of halogens is 3. The van der Waals surface area contributed by atoms with Crippen LogP contribution in [0.3, 0.4) is 0 Å². The second-order valence-electron chi connectivity index (χ2n) is 7.92. The number of nitrogens with zero attached hydrogens (tertiary/aromatic N) is 1. The van der Waals surface area contributed by atoms with Crippen LogP contribution in [0.2, 0.25) is 5.02 Å². The summed E-state index contributed by atoms with van der Waals surface area (Å²) < 4.78 is 29.4. The van der Waals surface area contributed by atoms with E-state index in [1.807, 2.05) is 12.1 Å². The Balaban J connectivity index is 0.000000275. The maximum absolute atomic E-state index is 13.3. The van der Waals surface area contributed by atoms with Gasteiger partial charge in [-0.15, -0.1) is 0 Å². The summed E-state index contributed by atoms with van der Waals surface area (Å²) in [5.74, 6) is -0.617. The first-order chi connectivity index (χ1) is 17.3. The number of esters is 2. The SMILES string of the molecule is COC(=O)c1ccc(Br)cc1.COC(=O)c1ccc(N2CCC(Oc3cc(F)ccc3Cl)CC2)cc1. The lowest BCUT2D eigenvalue weighted by Crippen LogP contribution is -2.38. The second kappa shape index (κ2) is 13.3. The number of methoxy groups -OCH3 is 2. The van der Waals surface area contributed by atoms with Crippen LogP contribution in [0.25, 0.3) is 0 Å². The van der Waals surface area contributed by atoms with Crippen LogP contribution in [0, 0.1) is 5.82 Å². The van der Waals surface area contributed by atoms with Crippen molar-refractivity contribution in [2.24, 2.45) is 0 Å². The number of benzene rings is 3. The third-order valence-electron chi connectivity index (χ3n) is 5.55.